The summed E-state index contributed by atoms with van der Waals surface area (Å²) >= 11 is 0. The van der Waals surface area contributed by atoms with Crippen molar-refractivity contribution in [3.63, 3.8) is 0 Å². The molecule has 1 heterocycles. The van der Waals surface area contributed by atoms with Gasteiger partial charge in [0.1, 0.15) is 0 Å². The number of sulfonamides is 1. The quantitative estimate of drug-likeness (QED) is 0.661. The Labute approximate surface area is 183 Å². The molecular formula is C23H28N2O5S. The highest BCUT2D eigenvalue weighted by Gasteiger charge is 2.31. The minimum absolute atomic E-state index is 0.0306. The van der Waals surface area contributed by atoms with Crippen molar-refractivity contribution in [1.29, 1.82) is 0 Å². The number of nitrogens with zero attached hydrogens (tertiary/aromatic N) is 1. The molecule has 1 N–H and O–H groups in total. The summed E-state index contributed by atoms with van der Waals surface area (Å²) in [4.78, 5) is 24.5. The number of nitrogens with one attached hydrogen (secondary N) is 1. The van der Waals surface area contributed by atoms with Crippen molar-refractivity contribution in [2.75, 3.05) is 25.0 Å². The van der Waals surface area contributed by atoms with Crippen molar-refractivity contribution in [1.82, 2.24) is 4.31 Å². The van der Waals surface area contributed by atoms with Crippen molar-refractivity contribution in [2.24, 2.45) is 5.92 Å². The number of hydrogen-bond acceptors (Lipinski definition) is 5. The molecule has 0 bridgehead atoms. The highest BCUT2D eigenvalue weighted by atomic mass is 32.2. The first-order chi connectivity index (χ1) is 14.8. The molecule has 0 saturated carbocycles. The zero-order valence-corrected chi connectivity index (χ0v) is 18.7. The van der Waals surface area contributed by atoms with E-state index in [4.69, 9.17) is 4.74 Å². The summed E-state index contributed by atoms with van der Waals surface area (Å²) in [7, 11) is -3.44. The Morgan fingerprint density at radius 2 is 1.81 bits per heavy atom. The highest BCUT2D eigenvalue weighted by molar-refractivity contribution is 7.88. The molecular weight excluding hydrogens is 416 g/mol. The summed E-state index contributed by atoms with van der Waals surface area (Å²) in [5.41, 5.74) is 2.64. The number of benzene rings is 2. The molecule has 0 unspecified atom stereocenters. The van der Waals surface area contributed by atoms with Crippen LogP contribution in [0.5, 0.6) is 0 Å². The van der Waals surface area contributed by atoms with E-state index in [1.54, 1.807) is 31.2 Å². The Kier molecular flexibility index (Phi) is 7.46. The Morgan fingerprint density at radius 3 is 2.48 bits per heavy atom. The van der Waals surface area contributed by atoms with Crippen molar-refractivity contribution < 1.29 is 22.7 Å². The van der Waals surface area contributed by atoms with Crippen LogP contribution in [0.2, 0.25) is 0 Å². The van der Waals surface area contributed by atoms with Crippen molar-refractivity contribution in [2.45, 2.75) is 32.4 Å². The largest absolute Gasteiger partial charge is 0.462 e. The van der Waals surface area contributed by atoms with E-state index >= 15 is 0 Å². The Morgan fingerprint density at radius 1 is 1.10 bits per heavy atom. The maximum Gasteiger partial charge on any atom is 0.338 e. The van der Waals surface area contributed by atoms with E-state index < -0.39 is 16.0 Å². The number of amides is 1. The lowest BCUT2D eigenvalue weighted by Gasteiger charge is -2.30. The summed E-state index contributed by atoms with van der Waals surface area (Å²) in [5.74, 6) is -0.920. The fourth-order valence-electron chi connectivity index (χ4n) is 3.64. The molecule has 1 fully saturated rings. The van der Waals surface area contributed by atoms with Crippen LogP contribution < -0.4 is 5.32 Å². The van der Waals surface area contributed by atoms with Crippen LogP contribution in [-0.2, 0) is 25.3 Å². The van der Waals surface area contributed by atoms with Crippen LogP contribution in [0.25, 0.3) is 0 Å². The van der Waals surface area contributed by atoms with Crippen LogP contribution in [0.4, 0.5) is 5.69 Å². The zero-order valence-electron chi connectivity index (χ0n) is 17.8. The fraction of sp³-hybridized carbons (Fsp3) is 0.391. The van der Waals surface area contributed by atoms with E-state index in [0.717, 1.165) is 11.1 Å². The number of esters is 1. The maximum atomic E-state index is 12.8. The lowest BCUT2D eigenvalue weighted by Crippen LogP contribution is -2.42. The zero-order chi connectivity index (χ0) is 22.4. The van der Waals surface area contributed by atoms with Crippen LogP contribution in [0.1, 0.15) is 41.3 Å². The summed E-state index contributed by atoms with van der Waals surface area (Å²) < 4.78 is 32.1. The molecule has 166 valence electrons. The standard InChI is InChI=1S/C23H28N2O5S/c1-3-30-23(27)19-9-6-10-21(15-19)24-22(26)18-11-13-25(14-12-18)31(28,29)16-20-8-5-4-7-17(20)2/h4-10,15,18H,3,11-14,16H2,1-2H3,(H,24,26). The van der Waals surface area contributed by atoms with Crippen LogP contribution in [0.3, 0.4) is 0 Å². The van der Waals surface area contributed by atoms with Gasteiger partial charge in [-0.1, -0.05) is 30.3 Å². The number of ether oxygens (including phenoxy) is 1. The molecule has 7 nitrogen and oxygen atoms in total. The minimum Gasteiger partial charge on any atom is -0.462 e. The first kappa shape index (κ1) is 23.0. The topological polar surface area (TPSA) is 92.8 Å². The van der Waals surface area contributed by atoms with Gasteiger partial charge in [-0.05, 0) is 56.0 Å². The van der Waals surface area contributed by atoms with Gasteiger partial charge in [0.15, 0.2) is 0 Å². The molecule has 0 aromatic heterocycles. The van der Waals surface area contributed by atoms with Crippen LogP contribution in [0, 0.1) is 12.8 Å². The third kappa shape index (κ3) is 5.92. The van der Waals surface area contributed by atoms with Crippen molar-refractivity contribution in [3.05, 3.63) is 65.2 Å². The van der Waals surface area contributed by atoms with E-state index in [9.17, 15) is 18.0 Å². The Hall–Kier alpha value is -2.71. The molecule has 1 saturated heterocycles. The summed E-state index contributed by atoms with van der Waals surface area (Å²) in [6.07, 6.45) is 0.910. The van der Waals surface area contributed by atoms with Gasteiger partial charge in [-0.2, -0.15) is 0 Å². The third-order valence-electron chi connectivity index (χ3n) is 5.46. The Balaban J connectivity index is 1.57. The molecule has 31 heavy (non-hydrogen) atoms. The highest BCUT2D eigenvalue weighted by Crippen LogP contribution is 2.24. The van der Waals surface area contributed by atoms with Gasteiger partial charge in [-0.25, -0.2) is 17.5 Å². The summed E-state index contributed by atoms with van der Waals surface area (Å²) in [6, 6.07) is 14.1. The fourth-order valence-corrected chi connectivity index (χ4v) is 5.31. The van der Waals surface area contributed by atoms with Gasteiger partial charge < -0.3 is 10.1 Å². The van der Waals surface area contributed by atoms with Gasteiger partial charge in [0.2, 0.25) is 15.9 Å². The van der Waals surface area contributed by atoms with E-state index in [-0.39, 0.29) is 24.2 Å². The first-order valence-corrected chi connectivity index (χ1v) is 12.0. The second kappa shape index (κ2) is 10.1. The molecule has 2 aromatic rings. The van der Waals surface area contributed by atoms with Crippen LogP contribution in [0.15, 0.2) is 48.5 Å². The van der Waals surface area contributed by atoms with E-state index in [1.165, 1.54) is 4.31 Å². The van der Waals surface area contributed by atoms with Crippen molar-refractivity contribution in [3.8, 4) is 0 Å². The number of aryl methyl sites for hydroxylation is 1. The number of rotatable bonds is 7. The lowest BCUT2D eigenvalue weighted by molar-refractivity contribution is -0.120. The normalized spacial score (nSPS) is 15.4. The molecule has 1 aliphatic heterocycles. The number of carbonyl (C=O) groups excluding carboxylic acids is 2. The Bertz CT molecular complexity index is 1040. The second-order valence-electron chi connectivity index (χ2n) is 7.65. The predicted octanol–water partition coefficient (Wildman–Crippen LogP) is 3.35. The molecule has 1 amide bonds. The summed E-state index contributed by atoms with van der Waals surface area (Å²) in [6.45, 7) is 4.54. The molecule has 3 rings (SSSR count). The number of piperidine rings is 1. The number of anilines is 1. The molecule has 2 aromatic carbocycles. The number of hydrogen-bond donors (Lipinski definition) is 1. The maximum absolute atomic E-state index is 12.8. The predicted molar refractivity (Wildman–Crippen MR) is 119 cm³/mol. The number of carbonyl (C=O) groups is 2. The summed E-state index contributed by atoms with van der Waals surface area (Å²) in [5, 5.41) is 2.84. The molecule has 0 aliphatic carbocycles. The smallest absolute Gasteiger partial charge is 0.338 e. The van der Waals surface area contributed by atoms with Crippen molar-refractivity contribution >= 4 is 27.6 Å². The van der Waals surface area contributed by atoms with Gasteiger partial charge >= 0.3 is 5.97 Å². The van der Waals surface area contributed by atoms with Gasteiger partial charge in [0.25, 0.3) is 0 Å². The first-order valence-electron chi connectivity index (χ1n) is 10.4. The average molecular weight is 445 g/mol. The van der Waals surface area contributed by atoms with Gasteiger partial charge in [-0.15, -0.1) is 0 Å². The molecule has 0 atom stereocenters. The van der Waals surface area contributed by atoms with Gasteiger partial charge in [0.05, 0.1) is 17.9 Å². The molecule has 1 aliphatic rings. The minimum atomic E-state index is -3.44. The molecule has 0 spiro atoms. The van der Waals surface area contributed by atoms with Crippen LogP contribution in [-0.4, -0.2) is 44.3 Å². The van der Waals surface area contributed by atoms with Crippen LogP contribution >= 0.6 is 0 Å². The van der Waals surface area contributed by atoms with E-state index in [1.807, 2.05) is 31.2 Å². The third-order valence-corrected chi connectivity index (χ3v) is 7.29. The lowest BCUT2D eigenvalue weighted by atomic mass is 9.97. The molecule has 0 radical (unpaired) electrons. The second-order valence-corrected chi connectivity index (χ2v) is 9.62. The van der Waals surface area contributed by atoms with Gasteiger partial charge in [0, 0.05) is 24.7 Å². The van der Waals surface area contributed by atoms with E-state index in [2.05, 4.69) is 5.32 Å². The SMILES string of the molecule is CCOC(=O)c1cccc(NC(=O)C2CCN(S(=O)(=O)Cc3ccccc3C)CC2)c1. The van der Waals surface area contributed by atoms with E-state index in [0.29, 0.717) is 37.2 Å². The van der Waals surface area contributed by atoms with Gasteiger partial charge in [-0.3, -0.25) is 4.79 Å². The average Bonchev–Trinajstić information content (AvgIpc) is 2.76. The monoisotopic (exact) mass is 444 g/mol. The molecule has 8 heteroatoms.